The highest BCUT2D eigenvalue weighted by Crippen LogP contribution is 2.39. The first-order valence-corrected chi connectivity index (χ1v) is 15.2. The molecule has 0 amide bonds. The van der Waals surface area contributed by atoms with Gasteiger partial charge in [0.25, 0.3) is 0 Å². The molecule has 0 saturated heterocycles. The van der Waals surface area contributed by atoms with Crippen molar-refractivity contribution in [1.82, 2.24) is 9.97 Å². The lowest BCUT2D eigenvalue weighted by atomic mass is 9.90. The number of benzene rings is 6. The van der Waals surface area contributed by atoms with Crippen molar-refractivity contribution in [2.24, 2.45) is 0 Å². The van der Waals surface area contributed by atoms with Crippen LogP contribution in [-0.4, -0.2) is 9.97 Å². The van der Waals surface area contributed by atoms with Crippen LogP contribution in [0.2, 0.25) is 0 Å². The standard InChI is InChI=1S/C46H30N2O/c1-3-34-35(4-2)40(42-24-21-32-20-19-31-11-9-27-47-45(31)46(32)48-42)23-22-37(34)29-15-17-30(18-16-29)43-25-26-44(49-43)41-28-33-10-5-6-12-36(33)38-13-7-8-14-39(38)41/h3-28H,1-2H2/i5D,6D,7D,8D,10D,12D,13D,14D,15D,16D,17D,18D,25D,26D,28D. The van der Waals surface area contributed by atoms with Crippen molar-refractivity contribution in [3.63, 3.8) is 0 Å². The van der Waals surface area contributed by atoms with Crippen LogP contribution in [-0.2, 0) is 0 Å². The lowest BCUT2D eigenvalue weighted by molar-refractivity contribution is 0.598. The van der Waals surface area contributed by atoms with Gasteiger partial charge in [0.15, 0.2) is 0 Å². The van der Waals surface area contributed by atoms with Crippen LogP contribution < -0.4 is 0 Å². The number of fused-ring (bicyclic) bond motifs is 6. The fourth-order valence-corrected chi connectivity index (χ4v) is 6.08. The van der Waals surface area contributed by atoms with Gasteiger partial charge in [0.05, 0.1) is 37.3 Å². The molecule has 0 aliphatic carbocycles. The summed E-state index contributed by atoms with van der Waals surface area (Å²) in [5, 5.41) is 0.220. The zero-order valence-electron chi connectivity index (χ0n) is 40.6. The molecule has 0 bridgehead atoms. The number of furan rings is 1. The van der Waals surface area contributed by atoms with Gasteiger partial charge in [-0.3, -0.25) is 4.98 Å². The second-order valence-corrected chi connectivity index (χ2v) is 11.1. The minimum Gasteiger partial charge on any atom is -0.456 e. The lowest BCUT2D eigenvalue weighted by Crippen LogP contribution is -1.95. The van der Waals surface area contributed by atoms with Gasteiger partial charge in [-0.05, 0) is 74.1 Å². The van der Waals surface area contributed by atoms with E-state index in [9.17, 15) is 6.85 Å². The lowest BCUT2D eigenvalue weighted by Gasteiger charge is -2.15. The second kappa shape index (κ2) is 11.6. The molecule has 0 atom stereocenters. The van der Waals surface area contributed by atoms with Crippen LogP contribution in [0.4, 0.5) is 0 Å². The number of nitrogens with zero attached hydrogens (tertiary/aromatic N) is 2. The molecule has 230 valence electrons. The summed E-state index contributed by atoms with van der Waals surface area (Å²) >= 11 is 0. The molecule has 0 saturated carbocycles. The van der Waals surface area contributed by atoms with Gasteiger partial charge in [0.2, 0.25) is 0 Å². The van der Waals surface area contributed by atoms with E-state index in [1.54, 1.807) is 24.4 Å². The molecule has 49 heavy (non-hydrogen) atoms. The average molecular weight is 642 g/mol. The molecule has 0 N–H and O–H groups in total. The maximum atomic E-state index is 9.26. The molecule has 0 aliphatic rings. The summed E-state index contributed by atoms with van der Waals surface area (Å²) in [7, 11) is 0. The van der Waals surface area contributed by atoms with E-state index in [0.29, 0.717) is 27.9 Å². The maximum Gasteiger partial charge on any atom is 0.135 e. The third-order valence-corrected chi connectivity index (χ3v) is 8.37. The van der Waals surface area contributed by atoms with Crippen molar-refractivity contribution in [3.8, 4) is 45.0 Å². The Morgan fingerprint density at radius 3 is 2.02 bits per heavy atom. The first-order chi connectivity index (χ1) is 30.5. The highest BCUT2D eigenvalue weighted by atomic mass is 16.3. The molecule has 3 aromatic heterocycles. The molecule has 9 rings (SSSR count). The molecule has 3 nitrogen and oxygen atoms in total. The van der Waals surface area contributed by atoms with E-state index in [2.05, 4.69) is 18.1 Å². The molecule has 0 aliphatic heterocycles. The van der Waals surface area contributed by atoms with Gasteiger partial charge in [0, 0.05) is 33.7 Å². The Morgan fingerprint density at radius 2 is 1.20 bits per heavy atom. The molecule has 3 heterocycles. The first kappa shape index (κ1) is 17.0. The number of aromatic nitrogens is 2. The summed E-state index contributed by atoms with van der Waals surface area (Å²) in [5.74, 6) is -1.23. The third kappa shape index (κ3) is 4.75. The minimum atomic E-state index is -0.746. The predicted octanol–water partition coefficient (Wildman–Crippen LogP) is 12.6. The summed E-state index contributed by atoms with van der Waals surface area (Å²) in [5.41, 5.74) is 2.77. The van der Waals surface area contributed by atoms with Gasteiger partial charge < -0.3 is 4.42 Å². The van der Waals surface area contributed by atoms with Gasteiger partial charge in [0.1, 0.15) is 11.5 Å². The van der Waals surface area contributed by atoms with E-state index in [-0.39, 0.29) is 21.9 Å². The van der Waals surface area contributed by atoms with Gasteiger partial charge in [-0.15, -0.1) is 0 Å². The van der Waals surface area contributed by atoms with E-state index < -0.39 is 124 Å². The van der Waals surface area contributed by atoms with Crippen molar-refractivity contribution in [2.45, 2.75) is 0 Å². The fraction of sp³-hybridized carbons (Fsp3) is 0. The van der Waals surface area contributed by atoms with Crippen LogP contribution in [0.25, 0.3) is 101 Å². The predicted molar refractivity (Wildman–Crippen MR) is 206 cm³/mol. The van der Waals surface area contributed by atoms with E-state index in [4.69, 9.17) is 23.1 Å². The summed E-state index contributed by atoms with van der Waals surface area (Å²) < 4.78 is 139. The van der Waals surface area contributed by atoms with E-state index in [1.807, 2.05) is 36.4 Å². The number of hydrogen-bond donors (Lipinski definition) is 0. The zero-order chi connectivity index (χ0) is 46.0. The Bertz CT molecular complexity index is 3590. The SMILES string of the molecule is [2H]c1c(-c2c([2H])c([2H])c(-c3ccc(-c4ccc5ccc6cccnc6c5n4)c(C=C)c3C=C)c([2H])c2[2H])oc(-c2c([2H])c3c([2H])c([2H])c([2H])c([2H])c3c3c([2H])c([2H])c([2H])c([2H])c23)c1[2H]. The van der Waals surface area contributed by atoms with Gasteiger partial charge in [-0.1, -0.05) is 134 Å². The Labute approximate surface area is 305 Å². The summed E-state index contributed by atoms with van der Waals surface area (Å²) in [6.07, 6.45) is 4.80. The van der Waals surface area contributed by atoms with Crippen LogP contribution in [0, 0.1) is 0 Å². The fourth-order valence-electron chi connectivity index (χ4n) is 6.08. The number of rotatable bonds is 6. The van der Waals surface area contributed by atoms with E-state index in [0.717, 1.165) is 16.3 Å². The Kier molecular flexibility index (Phi) is 4.02. The summed E-state index contributed by atoms with van der Waals surface area (Å²) in [4.78, 5) is 9.52. The van der Waals surface area contributed by atoms with Crippen molar-refractivity contribution in [1.29, 1.82) is 0 Å². The van der Waals surface area contributed by atoms with Crippen LogP contribution in [0.15, 0.2) is 163 Å². The molecular weight excluding hydrogens is 597 g/mol. The summed E-state index contributed by atoms with van der Waals surface area (Å²) in [6, 6.07) is 4.70. The summed E-state index contributed by atoms with van der Waals surface area (Å²) in [6.45, 7) is 8.03. The van der Waals surface area contributed by atoms with Gasteiger partial charge >= 0.3 is 0 Å². The smallest absolute Gasteiger partial charge is 0.135 e. The molecule has 6 aromatic carbocycles. The molecular formula is C46H30N2O. The van der Waals surface area contributed by atoms with Gasteiger partial charge in [-0.25, -0.2) is 4.98 Å². The van der Waals surface area contributed by atoms with Crippen molar-refractivity contribution < 1.29 is 25.0 Å². The normalized spacial score (nSPS) is 15.7. The average Bonchev–Trinajstić information content (AvgIpc) is 3.58. The van der Waals surface area contributed by atoms with Crippen LogP contribution in [0.5, 0.6) is 0 Å². The molecule has 0 fully saturated rings. The van der Waals surface area contributed by atoms with Crippen LogP contribution in [0.3, 0.4) is 0 Å². The first-order valence-electron chi connectivity index (χ1n) is 22.7. The zero-order valence-corrected chi connectivity index (χ0v) is 25.6. The van der Waals surface area contributed by atoms with Crippen molar-refractivity contribution >= 4 is 55.5 Å². The topological polar surface area (TPSA) is 38.9 Å². The maximum absolute atomic E-state index is 9.26. The van der Waals surface area contributed by atoms with Gasteiger partial charge in [-0.2, -0.15) is 0 Å². The van der Waals surface area contributed by atoms with Crippen molar-refractivity contribution in [2.75, 3.05) is 0 Å². The second-order valence-electron chi connectivity index (χ2n) is 11.1. The van der Waals surface area contributed by atoms with E-state index in [1.165, 1.54) is 6.08 Å². The highest BCUT2D eigenvalue weighted by Gasteiger charge is 2.16. The Morgan fingerprint density at radius 1 is 0.551 bits per heavy atom. The molecule has 9 aromatic rings. The minimum absolute atomic E-state index is 0.117. The monoisotopic (exact) mass is 641 g/mol. The quantitative estimate of drug-likeness (QED) is 0.170. The number of hydrogen-bond acceptors (Lipinski definition) is 3. The van der Waals surface area contributed by atoms with E-state index >= 15 is 0 Å². The number of pyridine rings is 2. The molecule has 0 radical (unpaired) electrons. The van der Waals surface area contributed by atoms with Crippen LogP contribution in [0.1, 0.15) is 31.7 Å². The Hall–Kier alpha value is -6.58. The van der Waals surface area contributed by atoms with Crippen molar-refractivity contribution in [3.05, 3.63) is 170 Å². The molecule has 0 unspecified atom stereocenters. The Balaban J connectivity index is 1.26. The largest absolute Gasteiger partial charge is 0.456 e. The highest BCUT2D eigenvalue weighted by molar-refractivity contribution is 6.13. The van der Waals surface area contributed by atoms with Crippen LogP contribution >= 0.6 is 0 Å². The molecule has 0 spiro atoms. The third-order valence-electron chi connectivity index (χ3n) is 8.37. The molecule has 3 heteroatoms.